The first-order valence-corrected chi connectivity index (χ1v) is 11.7. The molecule has 0 bridgehead atoms. The number of imide groups is 1. The number of urea groups is 1. The Hall–Kier alpha value is -1.68. The van der Waals surface area contributed by atoms with Crippen LogP contribution in [0.3, 0.4) is 0 Å². The van der Waals surface area contributed by atoms with Crippen molar-refractivity contribution in [3.63, 3.8) is 0 Å². The molecule has 0 aromatic carbocycles. The Kier molecular flexibility index (Phi) is 6.00. The number of carbonyl (C=O) groups excluding carboxylic acids is 3. The molecule has 9 nitrogen and oxygen atoms in total. The molecule has 0 aromatic rings. The number of hydrogen-bond acceptors (Lipinski definition) is 5. The van der Waals surface area contributed by atoms with E-state index in [0.717, 1.165) is 24.2 Å². The second-order valence-corrected chi connectivity index (χ2v) is 10.2. The fourth-order valence-corrected chi connectivity index (χ4v) is 5.46. The van der Waals surface area contributed by atoms with E-state index in [4.69, 9.17) is 0 Å². The minimum Gasteiger partial charge on any atom is -0.338 e. The van der Waals surface area contributed by atoms with Crippen LogP contribution in [0.25, 0.3) is 0 Å². The lowest BCUT2D eigenvalue weighted by molar-refractivity contribution is -0.140. The summed E-state index contributed by atoms with van der Waals surface area (Å²) in [5.41, 5.74) is -0.850. The van der Waals surface area contributed by atoms with E-state index in [1.807, 2.05) is 0 Å². The van der Waals surface area contributed by atoms with Crippen LogP contribution in [0.15, 0.2) is 0 Å². The standard InChI is InChI=1S/C18H30N4O5S/c1-3-14-5-7-18(8-6-14)16(24)22(17(25)19-18)13-15(23)20-9-11-21(12-10-20)28(26,27)4-2/h14H,3-13H2,1-2H3,(H,19,25). The highest BCUT2D eigenvalue weighted by Gasteiger charge is 2.52. The van der Waals surface area contributed by atoms with Crippen molar-refractivity contribution in [2.24, 2.45) is 5.92 Å². The zero-order valence-electron chi connectivity index (χ0n) is 16.6. The van der Waals surface area contributed by atoms with Crippen molar-refractivity contribution in [1.82, 2.24) is 19.4 Å². The number of amides is 4. The van der Waals surface area contributed by atoms with Crippen molar-refractivity contribution in [1.29, 1.82) is 0 Å². The van der Waals surface area contributed by atoms with E-state index in [-0.39, 0.29) is 50.3 Å². The maximum atomic E-state index is 12.9. The number of carbonyl (C=O) groups is 3. The topological polar surface area (TPSA) is 107 Å². The van der Waals surface area contributed by atoms with Gasteiger partial charge in [0.15, 0.2) is 0 Å². The van der Waals surface area contributed by atoms with E-state index in [2.05, 4.69) is 12.2 Å². The Balaban J connectivity index is 1.58. The van der Waals surface area contributed by atoms with Gasteiger partial charge in [-0.1, -0.05) is 13.3 Å². The molecule has 28 heavy (non-hydrogen) atoms. The Morgan fingerprint density at radius 2 is 1.71 bits per heavy atom. The molecule has 1 aliphatic carbocycles. The molecular formula is C18H30N4O5S. The molecule has 2 saturated heterocycles. The molecule has 1 N–H and O–H groups in total. The lowest BCUT2D eigenvalue weighted by Crippen LogP contribution is -2.53. The third kappa shape index (κ3) is 3.89. The van der Waals surface area contributed by atoms with Gasteiger partial charge in [0, 0.05) is 26.2 Å². The summed E-state index contributed by atoms with van der Waals surface area (Å²) in [6.07, 6.45) is 4.11. The highest BCUT2D eigenvalue weighted by atomic mass is 32.2. The number of piperazine rings is 1. The van der Waals surface area contributed by atoms with Crippen LogP contribution in [0, 0.1) is 5.92 Å². The second-order valence-electron chi connectivity index (χ2n) is 7.94. The van der Waals surface area contributed by atoms with Gasteiger partial charge in [0.05, 0.1) is 5.75 Å². The maximum Gasteiger partial charge on any atom is 0.325 e. The molecular weight excluding hydrogens is 384 g/mol. The average molecular weight is 415 g/mol. The molecule has 4 amide bonds. The first-order chi connectivity index (χ1) is 13.2. The molecule has 0 radical (unpaired) electrons. The molecule has 0 unspecified atom stereocenters. The van der Waals surface area contributed by atoms with Crippen LogP contribution in [0.1, 0.15) is 46.0 Å². The number of rotatable bonds is 5. The van der Waals surface area contributed by atoms with Gasteiger partial charge in [-0.3, -0.25) is 14.5 Å². The fourth-order valence-electron chi connectivity index (χ4n) is 4.37. The predicted octanol–water partition coefficient (Wildman–Crippen LogP) is 0.371. The monoisotopic (exact) mass is 414 g/mol. The minimum absolute atomic E-state index is 0.0321. The van der Waals surface area contributed by atoms with E-state index in [1.165, 1.54) is 9.21 Å². The van der Waals surface area contributed by atoms with Gasteiger partial charge < -0.3 is 10.2 Å². The van der Waals surface area contributed by atoms with Crippen molar-refractivity contribution in [3.05, 3.63) is 0 Å². The third-order valence-electron chi connectivity index (χ3n) is 6.42. The molecule has 0 atom stereocenters. The zero-order valence-corrected chi connectivity index (χ0v) is 17.5. The van der Waals surface area contributed by atoms with Crippen molar-refractivity contribution in [2.75, 3.05) is 38.5 Å². The normalized spacial score (nSPS) is 29.4. The lowest BCUT2D eigenvalue weighted by atomic mass is 9.75. The van der Waals surface area contributed by atoms with Crippen LogP contribution in [-0.2, 0) is 19.6 Å². The molecule has 3 rings (SSSR count). The molecule has 3 fully saturated rings. The summed E-state index contributed by atoms with van der Waals surface area (Å²) in [6, 6.07) is -0.500. The number of sulfonamides is 1. The predicted molar refractivity (Wildman–Crippen MR) is 103 cm³/mol. The van der Waals surface area contributed by atoms with E-state index < -0.39 is 21.6 Å². The Labute approximate surface area is 166 Å². The van der Waals surface area contributed by atoms with Crippen molar-refractivity contribution < 1.29 is 22.8 Å². The van der Waals surface area contributed by atoms with Gasteiger partial charge >= 0.3 is 6.03 Å². The van der Waals surface area contributed by atoms with Crippen LogP contribution in [-0.4, -0.2) is 84.4 Å². The maximum absolute atomic E-state index is 12.9. The van der Waals surface area contributed by atoms with Gasteiger partial charge in [-0.15, -0.1) is 0 Å². The SMILES string of the molecule is CCC1CCC2(CC1)NC(=O)N(CC(=O)N1CCN(S(=O)(=O)CC)CC1)C2=O. The summed E-state index contributed by atoms with van der Waals surface area (Å²) < 4.78 is 25.2. The highest BCUT2D eigenvalue weighted by Crippen LogP contribution is 2.37. The number of hydrogen-bond donors (Lipinski definition) is 1. The number of nitrogens with one attached hydrogen (secondary N) is 1. The molecule has 3 aliphatic rings. The van der Waals surface area contributed by atoms with Crippen molar-refractivity contribution in [2.45, 2.75) is 51.5 Å². The Morgan fingerprint density at radius 3 is 2.25 bits per heavy atom. The van der Waals surface area contributed by atoms with E-state index in [9.17, 15) is 22.8 Å². The Morgan fingerprint density at radius 1 is 1.11 bits per heavy atom. The van der Waals surface area contributed by atoms with Crippen LogP contribution in [0.5, 0.6) is 0 Å². The number of nitrogens with zero attached hydrogens (tertiary/aromatic N) is 3. The van der Waals surface area contributed by atoms with Crippen LogP contribution in [0.2, 0.25) is 0 Å². The van der Waals surface area contributed by atoms with Crippen LogP contribution < -0.4 is 5.32 Å². The average Bonchev–Trinajstić information content (AvgIpc) is 2.92. The van der Waals surface area contributed by atoms with E-state index in [1.54, 1.807) is 6.92 Å². The highest BCUT2D eigenvalue weighted by molar-refractivity contribution is 7.89. The van der Waals surface area contributed by atoms with Gasteiger partial charge in [-0.2, -0.15) is 4.31 Å². The molecule has 158 valence electrons. The fraction of sp³-hybridized carbons (Fsp3) is 0.833. The van der Waals surface area contributed by atoms with Crippen LogP contribution in [0.4, 0.5) is 4.79 Å². The molecule has 0 aromatic heterocycles. The summed E-state index contributed by atoms with van der Waals surface area (Å²) in [6.45, 7) is 4.46. The summed E-state index contributed by atoms with van der Waals surface area (Å²) >= 11 is 0. The summed E-state index contributed by atoms with van der Waals surface area (Å²) in [4.78, 5) is 40.5. The van der Waals surface area contributed by atoms with Gasteiger partial charge in [-0.05, 0) is 38.5 Å². The third-order valence-corrected chi connectivity index (χ3v) is 8.31. The largest absolute Gasteiger partial charge is 0.338 e. The zero-order chi connectivity index (χ0) is 20.5. The molecule has 2 heterocycles. The van der Waals surface area contributed by atoms with Gasteiger partial charge in [0.25, 0.3) is 5.91 Å². The summed E-state index contributed by atoms with van der Waals surface area (Å²) in [5.74, 6) is -0.00433. The molecule has 2 aliphatic heterocycles. The van der Waals surface area contributed by atoms with Gasteiger partial charge in [0.1, 0.15) is 12.1 Å². The second kappa shape index (κ2) is 7.98. The molecule has 10 heteroatoms. The van der Waals surface area contributed by atoms with Crippen LogP contribution >= 0.6 is 0 Å². The van der Waals surface area contributed by atoms with E-state index in [0.29, 0.717) is 18.8 Å². The van der Waals surface area contributed by atoms with Crippen molar-refractivity contribution >= 4 is 27.9 Å². The quantitative estimate of drug-likeness (QED) is 0.654. The molecule has 1 saturated carbocycles. The smallest absolute Gasteiger partial charge is 0.325 e. The first-order valence-electron chi connectivity index (χ1n) is 10.1. The summed E-state index contributed by atoms with van der Waals surface area (Å²) in [7, 11) is -3.27. The molecule has 1 spiro atoms. The van der Waals surface area contributed by atoms with E-state index >= 15 is 0 Å². The minimum atomic E-state index is -3.27. The first kappa shape index (κ1) is 21.0. The van der Waals surface area contributed by atoms with Crippen molar-refractivity contribution in [3.8, 4) is 0 Å². The lowest BCUT2D eigenvalue weighted by Gasteiger charge is -2.35. The van der Waals surface area contributed by atoms with Gasteiger partial charge in [-0.25, -0.2) is 13.2 Å². The summed E-state index contributed by atoms with van der Waals surface area (Å²) in [5, 5.41) is 2.84. The van der Waals surface area contributed by atoms with Gasteiger partial charge in [0.2, 0.25) is 15.9 Å². The Bertz CT molecular complexity index is 737.